The molecule has 0 aromatic carbocycles. The van der Waals surface area contributed by atoms with E-state index in [1.165, 1.54) is 0 Å². The first kappa shape index (κ1) is 7.90. The molecule has 1 aliphatic carbocycles. The summed E-state index contributed by atoms with van der Waals surface area (Å²) in [6, 6.07) is 0. The molecule has 2 rings (SSSR count). The molecule has 0 spiro atoms. The fraction of sp³-hybridized carbons (Fsp3) is 0.889. The molecule has 0 aromatic heterocycles. The lowest BCUT2D eigenvalue weighted by Crippen LogP contribution is -2.37. The summed E-state index contributed by atoms with van der Waals surface area (Å²) in [6.45, 7) is 1.27. The van der Waals surface area contributed by atoms with Crippen molar-refractivity contribution in [2.24, 2.45) is 11.8 Å². The SMILES string of the molecule is O=C1CCC2CC[N+](=O)C[C@H]2C1. The lowest BCUT2D eigenvalue weighted by Gasteiger charge is -2.29. The Hall–Kier alpha value is -0.730. The largest absolute Gasteiger partial charge is 0.300 e. The number of hydrogen-bond acceptors (Lipinski definition) is 2. The topological polar surface area (TPSA) is 37.1 Å². The van der Waals surface area contributed by atoms with Crippen LogP contribution in [0.3, 0.4) is 0 Å². The molecule has 2 aliphatic rings. The van der Waals surface area contributed by atoms with Crippen molar-refractivity contribution in [1.82, 2.24) is 0 Å². The van der Waals surface area contributed by atoms with E-state index in [0.717, 1.165) is 24.0 Å². The van der Waals surface area contributed by atoms with Gasteiger partial charge in [-0.3, -0.25) is 4.79 Å². The second kappa shape index (κ2) is 2.96. The Morgan fingerprint density at radius 1 is 1.25 bits per heavy atom. The highest BCUT2D eigenvalue weighted by molar-refractivity contribution is 5.79. The average Bonchev–Trinajstić information content (AvgIpc) is 2.03. The summed E-state index contributed by atoms with van der Waals surface area (Å²) in [7, 11) is 0. The van der Waals surface area contributed by atoms with Crippen LogP contribution < -0.4 is 0 Å². The van der Waals surface area contributed by atoms with E-state index in [1.807, 2.05) is 0 Å². The number of ketones is 1. The van der Waals surface area contributed by atoms with Crippen LogP contribution >= 0.6 is 0 Å². The maximum atomic E-state index is 11.1. The molecule has 66 valence electrons. The van der Waals surface area contributed by atoms with Crippen LogP contribution in [0.15, 0.2) is 0 Å². The van der Waals surface area contributed by atoms with Gasteiger partial charge in [0.05, 0.1) is 0 Å². The van der Waals surface area contributed by atoms with Gasteiger partial charge in [-0.2, -0.15) is 0 Å². The smallest absolute Gasteiger partial charge is 0.195 e. The quantitative estimate of drug-likeness (QED) is 0.509. The maximum absolute atomic E-state index is 11.1. The molecule has 2 fully saturated rings. The molecule has 3 heteroatoms. The number of piperidine rings is 1. The number of fused-ring (bicyclic) bond motifs is 1. The molecular formula is C9H14NO2+. The van der Waals surface area contributed by atoms with Gasteiger partial charge in [0.2, 0.25) is 0 Å². The number of hydrogen-bond donors (Lipinski definition) is 0. The van der Waals surface area contributed by atoms with Crippen LogP contribution in [0.4, 0.5) is 0 Å². The van der Waals surface area contributed by atoms with Crippen LogP contribution in [0.25, 0.3) is 0 Å². The van der Waals surface area contributed by atoms with E-state index in [4.69, 9.17) is 0 Å². The average molecular weight is 168 g/mol. The van der Waals surface area contributed by atoms with E-state index in [2.05, 4.69) is 0 Å². The van der Waals surface area contributed by atoms with Gasteiger partial charge in [0, 0.05) is 30.1 Å². The Morgan fingerprint density at radius 3 is 2.92 bits per heavy atom. The summed E-state index contributed by atoms with van der Waals surface area (Å²) >= 11 is 0. The van der Waals surface area contributed by atoms with Crippen molar-refractivity contribution in [2.75, 3.05) is 13.1 Å². The zero-order chi connectivity index (χ0) is 8.55. The number of nitrogens with zero attached hydrogens (tertiary/aromatic N) is 1. The number of carbonyl (C=O) groups is 1. The van der Waals surface area contributed by atoms with Crippen LogP contribution in [0.5, 0.6) is 0 Å². The Balaban J connectivity index is 2.03. The van der Waals surface area contributed by atoms with E-state index < -0.39 is 0 Å². The summed E-state index contributed by atoms with van der Waals surface area (Å²) in [5.74, 6) is 1.39. The lowest BCUT2D eigenvalue weighted by atomic mass is 9.75. The first-order valence-corrected chi connectivity index (χ1v) is 4.69. The van der Waals surface area contributed by atoms with E-state index in [-0.39, 0.29) is 0 Å². The van der Waals surface area contributed by atoms with E-state index in [9.17, 15) is 9.70 Å². The van der Waals surface area contributed by atoms with Crippen molar-refractivity contribution in [3.63, 3.8) is 0 Å². The van der Waals surface area contributed by atoms with Gasteiger partial charge in [0.1, 0.15) is 5.78 Å². The van der Waals surface area contributed by atoms with Crippen molar-refractivity contribution < 1.29 is 9.55 Å². The standard InChI is InChI=1S/C9H14NO2/c11-9-2-1-7-3-4-10(12)6-8(7)5-9/h7-8H,1-6H2/q+1/t7?,8-/m1/s1. The maximum Gasteiger partial charge on any atom is 0.195 e. The lowest BCUT2D eigenvalue weighted by molar-refractivity contribution is -0.570. The van der Waals surface area contributed by atoms with Crippen molar-refractivity contribution in [3.05, 3.63) is 4.91 Å². The van der Waals surface area contributed by atoms with Gasteiger partial charge < -0.3 is 0 Å². The molecule has 0 radical (unpaired) electrons. The third-order valence-corrected chi connectivity index (χ3v) is 3.14. The summed E-state index contributed by atoms with van der Waals surface area (Å²) < 4.78 is 1.11. The first-order chi connectivity index (χ1) is 5.75. The molecule has 0 N–H and O–H groups in total. The molecule has 12 heavy (non-hydrogen) atoms. The second-order valence-electron chi connectivity index (χ2n) is 3.98. The Labute approximate surface area is 71.7 Å². The number of nitroso groups, excluding NO2 is 1. The van der Waals surface area contributed by atoms with Crippen LogP contribution in [-0.4, -0.2) is 23.6 Å². The van der Waals surface area contributed by atoms with E-state index in [0.29, 0.717) is 37.1 Å². The normalized spacial score (nSPS) is 36.3. The van der Waals surface area contributed by atoms with Crippen molar-refractivity contribution in [3.8, 4) is 0 Å². The number of carbonyl (C=O) groups excluding carboxylic acids is 1. The molecule has 0 aromatic rings. The number of rotatable bonds is 0. The van der Waals surface area contributed by atoms with Gasteiger partial charge in [-0.1, -0.05) is 0 Å². The predicted octanol–water partition coefficient (Wildman–Crippen LogP) is 1.15. The molecule has 1 saturated heterocycles. The molecule has 1 heterocycles. The first-order valence-electron chi connectivity index (χ1n) is 4.69. The molecule has 1 unspecified atom stereocenters. The van der Waals surface area contributed by atoms with Crippen molar-refractivity contribution in [2.45, 2.75) is 25.7 Å². The summed E-state index contributed by atoms with van der Waals surface area (Å²) in [4.78, 5) is 22.1. The Kier molecular flexibility index (Phi) is 1.95. The van der Waals surface area contributed by atoms with E-state index in [1.54, 1.807) is 0 Å². The molecule has 3 nitrogen and oxygen atoms in total. The van der Waals surface area contributed by atoms with Crippen molar-refractivity contribution in [1.29, 1.82) is 0 Å². The highest BCUT2D eigenvalue weighted by Gasteiger charge is 2.37. The van der Waals surface area contributed by atoms with Crippen LogP contribution in [0.2, 0.25) is 0 Å². The minimum absolute atomic E-state index is 0.353. The van der Waals surface area contributed by atoms with E-state index >= 15 is 0 Å². The van der Waals surface area contributed by atoms with Gasteiger partial charge in [-0.05, 0) is 17.1 Å². The van der Waals surface area contributed by atoms with Gasteiger partial charge >= 0.3 is 0 Å². The third-order valence-electron chi connectivity index (χ3n) is 3.14. The third kappa shape index (κ3) is 1.40. The zero-order valence-corrected chi connectivity index (χ0v) is 7.16. The molecule has 1 aliphatic heterocycles. The second-order valence-corrected chi connectivity index (χ2v) is 3.98. The predicted molar refractivity (Wildman–Crippen MR) is 43.8 cm³/mol. The van der Waals surface area contributed by atoms with Gasteiger partial charge in [0.25, 0.3) is 0 Å². The molecule has 1 saturated carbocycles. The van der Waals surface area contributed by atoms with Crippen LogP contribution in [-0.2, 0) is 4.79 Å². The molecule has 2 atom stereocenters. The van der Waals surface area contributed by atoms with Crippen LogP contribution in [0, 0.1) is 16.7 Å². The number of Topliss-reactive ketones (excluding diaryl/α,β-unsaturated/α-hetero) is 1. The summed E-state index contributed by atoms with van der Waals surface area (Å²) in [5.41, 5.74) is 0. The molecule has 0 amide bonds. The summed E-state index contributed by atoms with van der Waals surface area (Å²) in [5, 5.41) is 0. The van der Waals surface area contributed by atoms with Gasteiger partial charge in [0.15, 0.2) is 13.1 Å². The molecule has 0 bridgehead atoms. The highest BCUT2D eigenvalue weighted by atomic mass is 16.3. The Morgan fingerprint density at radius 2 is 2.08 bits per heavy atom. The minimum atomic E-state index is 0.353. The van der Waals surface area contributed by atoms with Gasteiger partial charge in [-0.15, -0.1) is 0 Å². The van der Waals surface area contributed by atoms with Crippen molar-refractivity contribution >= 4 is 5.78 Å². The molecular weight excluding hydrogens is 154 g/mol. The fourth-order valence-corrected chi connectivity index (χ4v) is 2.40. The summed E-state index contributed by atoms with van der Waals surface area (Å²) in [6.07, 6.45) is 3.43. The van der Waals surface area contributed by atoms with Crippen LogP contribution in [0.1, 0.15) is 25.7 Å². The monoisotopic (exact) mass is 168 g/mol. The fourth-order valence-electron chi connectivity index (χ4n) is 2.40. The highest BCUT2D eigenvalue weighted by Crippen LogP contribution is 2.33. The van der Waals surface area contributed by atoms with Gasteiger partial charge in [-0.25, -0.2) is 0 Å². The minimum Gasteiger partial charge on any atom is -0.300 e. The zero-order valence-electron chi connectivity index (χ0n) is 7.16. The Bertz CT molecular complexity index is 203.